The highest BCUT2D eigenvalue weighted by Crippen LogP contribution is 2.29. The van der Waals surface area contributed by atoms with Crippen LogP contribution in [-0.2, 0) is 22.4 Å². The van der Waals surface area contributed by atoms with Gasteiger partial charge in [0.15, 0.2) is 0 Å². The van der Waals surface area contributed by atoms with E-state index in [9.17, 15) is 19.5 Å². The van der Waals surface area contributed by atoms with Crippen molar-refractivity contribution in [2.24, 2.45) is 5.92 Å². The lowest BCUT2D eigenvalue weighted by Gasteiger charge is -2.26. The number of fused-ring (bicyclic) bond motifs is 1. The van der Waals surface area contributed by atoms with E-state index in [2.05, 4.69) is 25.6 Å². The molecule has 1 amide bonds. The first-order valence-corrected chi connectivity index (χ1v) is 10.1. The molecule has 1 aliphatic heterocycles. The van der Waals surface area contributed by atoms with Crippen LogP contribution >= 0.6 is 0 Å². The maximum atomic E-state index is 12.5. The van der Waals surface area contributed by atoms with Crippen LogP contribution in [0.15, 0.2) is 18.3 Å². The Morgan fingerprint density at radius 1 is 1.25 bits per heavy atom. The standard InChI is InChI=1S/C20H25N7O5/c21-16-13-7-10(9-24-17(13)27-20(22)26-16)1-2-12-8-11(5-6-23-12)18(30)25-14(19(31)32)3-4-15(28)29/h5-6,8,10,14H,1-4,7,9H2,(H,25,30)(H,28,29)(H,31,32)(H5,21,22,24,26,27)/t10?,14-/m0/s1. The number of nitrogens with one attached hydrogen (secondary N) is 2. The monoisotopic (exact) mass is 443 g/mol. The maximum absolute atomic E-state index is 12.5. The van der Waals surface area contributed by atoms with E-state index in [0.717, 1.165) is 12.0 Å². The minimum atomic E-state index is -1.29. The number of pyridine rings is 1. The zero-order valence-corrected chi connectivity index (χ0v) is 17.2. The summed E-state index contributed by atoms with van der Waals surface area (Å²) in [7, 11) is 0. The third-order valence-corrected chi connectivity index (χ3v) is 5.25. The maximum Gasteiger partial charge on any atom is 0.326 e. The molecule has 12 nitrogen and oxygen atoms in total. The zero-order valence-electron chi connectivity index (χ0n) is 17.2. The number of carbonyl (C=O) groups excluding carboxylic acids is 1. The molecule has 170 valence electrons. The highest BCUT2D eigenvalue weighted by Gasteiger charge is 2.24. The first kappa shape index (κ1) is 22.7. The van der Waals surface area contributed by atoms with Gasteiger partial charge >= 0.3 is 11.9 Å². The Kier molecular flexibility index (Phi) is 7.03. The van der Waals surface area contributed by atoms with E-state index in [1.54, 1.807) is 6.07 Å². The fraction of sp³-hybridized carbons (Fsp3) is 0.400. The van der Waals surface area contributed by atoms with E-state index in [0.29, 0.717) is 36.7 Å². The summed E-state index contributed by atoms with van der Waals surface area (Å²) < 4.78 is 0. The van der Waals surface area contributed by atoms with Gasteiger partial charge in [-0.1, -0.05) is 0 Å². The summed E-state index contributed by atoms with van der Waals surface area (Å²) in [6.07, 6.45) is 2.98. The van der Waals surface area contributed by atoms with Crippen molar-refractivity contribution >= 4 is 35.4 Å². The highest BCUT2D eigenvalue weighted by atomic mass is 16.4. The van der Waals surface area contributed by atoms with Gasteiger partial charge in [-0.15, -0.1) is 0 Å². The third-order valence-electron chi connectivity index (χ3n) is 5.25. The Morgan fingerprint density at radius 3 is 2.75 bits per heavy atom. The quantitative estimate of drug-likeness (QED) is 0.310. The van der Waals surface area contributed by atoms with Gasteiger partial charge in [0, 0.05) is 36.0 Å². The molecule has 0 bridgehead atoms. The van der Waals surface area contributed by atoms with Gasteiger partial charge in [0.05, 0.1) is 0 Å². The van der Waals surface area contributed by atoms with Crippen LogP contribution in [0.3, 0.4) is 0 Å². The third kappa shape index (κ3) is 5.80. The first-order valence-electron chi connectivity index (χ1n) is 10.1. The number of anilines is 3. The van der Waals surface area contributed by atoms with Crippen molar-refractivity contribution in [3.63, 3.8) is 0 Å². The molecule has 2 atom stereocenters. The normalized spacial score (nSPS) is 15.8. The molecule has 3 heterocycles. The molecule has 32 heavy (non-hydrogen) atoms. The van der Waals surface area contributed by atoms with Crippen LogP contribution in [0.5, 0.6) is 0 Å². The molecule has 12 heteroatoms. The number of carbonyl (C=O) groups is 3. The Bertz CT molecular complexity index is 1030. The molecule has 2 aromatic rings. The average Bonchev–Trinajstić information content (AvgIpc) is 2.75. The number of amides is 1. The predicted molar refractivity (Wildman–Crippen MR) is 115 cm³/mol. The number of aliphatic carboxylic acids is 2. The highest BCUT2D eigenvalue weighted by molar-refractivity contribution is 5.96. The number of carboxylic acid groups (broad SMARTS) is 2. The van der Waals surface area contributed by atoms with Crippen molar-refractivity contribution in [3.05, 3.63) is 35.2 Å². The van der Waals surface area contributed by atoms with Crippen molar-refractivity contribution in [2.75, 3.05) is 23.3 Å². The van der Waals surface area contributed by atoms with Crippen LogP contribution in [0.2, 0.25) is 0 Å². The number of rotatable bonds is 9. The van der Waals surface area contributed by atoms with Gasteiger partial charge in [-0.3, -0.25) is 14.6 Å². The van der Waals surface area contributed by atoms with Gasteiger partial charge in [-0.2, -0.15) is 9.97 Å². The van der Waals surface area contributed by atoms with Crippen LogP contribution in [0.25, 0.3) is 0 Å². The fourth-order valence-corrected chi connectivity index (χ4v) is 3.55. The molecule has 0 radical (unpaired) electrons. The molecule has 0 saturated carbocycles. The number of hydrogen-bond donors (Lipinski definition) is 6. The van der Waals surface area contributed by atoms with Gasteiger partial charge in [0.2, 0.25) is 5.95 Å². The molecule has 0 spiro atoms. The molecule has 1 aliphatic rings. The number of carboxylic acids is 2. The fourth-order valence-electron chi connectivity index (χ4n) is 3.55. The average molecular weight is 443 g/mol. The van der Waals surface area contributed by atoms with Crippen LogP contribution in [0.4, 0.5) is 17.6 Å². The minimum Gasteiger partial charge on any atom is -0.481 e. The van der Waals surface area contributed by atoms with Crippen molar-refractivity contribution in [1.82, 2.24) is 20.3 Å². The Morgan fingerprint density at radius 2 is 2.03 bits per heavy atom. The summed E-state index contributed by atoms with van der Waals surface area (Å²) in [6.45, 7) is 0.687. The second kappa shape index (κ2) is 9.90. The number of nitrogen functional groups attached to an aromatic ring is 2. The number of aryl methyl sites for hydroxylation is 1. The van der Waals surface area contributed by atoms with Crippen molar-refractivity contribution < 1.29 is 24.6 Å². The van der Waals surface area contributed by atoms with Crippen molar-refractivity contribution in [3.8, 4) is 0 Å². The predicted octanol–water partition coefficient (Wildman–Crippen LogP) is 0.301. The number of nitrogens with zero attached hydrogens (tertiary/aromatic N) is 3. The zero-order chi connectivity index (χ0) is 23.3. The molecule has 2 aromatic heterocycles. The second-order valence-electron chi connectivity index (χ2n) is 7.62. The Labute approximate surface area is 183 Å². The molecule has 3 rings (SSSR count). The van der Waals surface area contributed by atoms with Gasteiger partial charge in [0.1, 0.15) is 17.7 Å². The van der Waals surface area contributed by atoms with Crippen LogP contribution in [0, 0.1) is 5.92 Å². The largest absolute Gasteiger partial charge is 0.481 e. The summed E-state index contributed by atoms with van der Waals surface area (Å²) in [5.74, 6) is -1.63. The van der Waals surface area contributed by atoms with Crippen LogP contribution in [0.1, 0.15) is 40.9 Å². The summed E-state index contributed by atoms with van der Waals surface area (Å²) in [4.78, 5) is 46.9. The SMILES string of the molecule is Nc1nc(N)c2c(n1)NCC(CCc1cc(C(=O)N[C@@H](CCC(=O)O)C(=O)O)ccn1)C2. The lowest BCUT2D eigenvalue weighted by molar-refractivity contribution is -0.140. The van der Waals surface area contributed by atoms with E-state index < -0.39 is 23.9 Å². The molecular weight excluding hydrogens is 418 g/mol. The number of hydrogen-bond acceptors (Lipinski definition) is 9. The summed E-state index contributed by atoms with van der Waals surface area (Å²) in [6, 6.07) is 1.80. The van der Waals surface area contributed by atoms with Gasteiger partial charge in [-0.05, 0) is 43.7 Å². The lowest BCUT2D eigenvalue weighted by atomic mass is 9.91. The van der Waals surface area contributed by atoms with Crippen molar-refractivity contribution in [1.29, 1.82) is 0 Å². The summed E-state index contributed by atoms with van der Waals surface area (Å²) >= 11 is 0. The second-order valence-corrected chi connectivity index (χ2v) is 7.62. The molecule has 0 fully saturated rings. The summed E-state index contributed by atoms with van der Waals surface area (Å²) in [5, 5.41) is 23.5. The van der Waals surface area contributed by atoms with Gasteiger partial charge < -0.3 is 32.3 Å². The summed E-state index contributed by atoms with van der Waals surface area (Å²) in [5.41, 5.74) is 13.4. The molecule has 1 unspecified atom stereocenters. The minimum absolute atomic E-state index is 0.125. The van der Waals surface area contributed by atoms with E-state index in [4.69, 9.17) is 16.6 Å². The van der Waals surface area contributed by atoms with E-state index in [1.807, 2.05) is 0 Å². The van der Waals surface area contributed by atoms with Gasteiger partial charge in [-0.25, -0.2) is 4.79 Å². The van der Waals surface area contributed by atoms with Crippen LogP contribution in [-0.4, -0.2) is 55.6 Å². The number of aromatic nitrogens is 3. The Balaban J connectivity index is 1.59. The van der Waals surface area contributed by atoms with Crippen LogP contribution < -0.4 is 22.1 Å². The smallest absolute Gasteiger partial charge is 0.326 e. The Hall–Kier alpha value is -3.96. The topological polar surface area (TPSA) is 206 Å². The van der Waals surface area contributed by atoms with Gasteiger partial charge in [0.25, 0.3) is 5.91 Å². The molecule has 0 aliphatic carbocycles. The molecular formula is C20H25N7O5. The van der Waals surface area contributed by atoms with Crippen molar-refractivity contribution in [2.45, 2.75) is 38.1 Å². The molecule has 0 saturated heterocycles. The lowest BCUT2D eigenvalue weighted by Crippen LogP contribution is -2.41. The van der Waals surface area contributed by atoms with E-state index in [1.165, 1.54) is 12.3 Å². The van der Waals surface area contributed by atoms with E-state index in [-0.39, 0.29) is 30.3 Å². The first-order chi connectivity index (χ1) is 15.2. The molecule has 8 N–H and O–H groups in total. The number of nitrogens with two attached hydrogens (primary N) is 2. The molecule has 0 aromatic carbocycles. The van der Waals surface area contributed by atoms with E-state index >= 15 is 0 Å².